The van der Waals surface area contributed by atoms with Crippen LogP contribution in [0.3, 0.4) is 0 Å². The van der Waals surface area contributed by atoms with E-state index in [1.807, 2.05) is 69.4 Å². The molecule has 3 rings (SSSR count). The maximum Gasteiger partial charge on any atom is 0.404 e. The minimum Gasteiger partial charge on any atom is -0.268 e. The van der Waals surface area contributed by atoms with E-state index in [1.54, 1.807) is 10.9 Å². The first-order valence-electron chi connectivity index (χ1n) is 9.39. The molecule has 0 unspecified atom stereocenters. The van der Waals surface area contributed by atoms with E-state index in [-0.39, 0.29) is 12.5 Å². The van der Waals surface area contributed by atoms with Crippen molar-refractivity contribution in [1.29, 1.82) is 0 Å². The monoisotopic (exact) mass is 439 g/mol. The summed E-state index contributed by atoms with van der Waals surface area (Å²) >= 11 is 0. The lowest BCUT2D eigenvalue weighted by atomic mass is 9.71. The molecule has 1 heterocycles. The fourth-order valence-corrected chi connectivity index (χ4v) is 4.89. The number of halogens is 3. The highest BCUT2D eigenvalue weighted by atomic mass is 32.2. The second kappa shape index (κ2) is 8.03. The molecule has 0 saturated heterocycles. The van der Waals surface area contributed by atoms with Crippen LogP contribution in [0.25, 0.3) is 10.9 Å². The number of sulfonamides is 1. The van der Waals surface area contributed by atoms with Crippen molar-refractivity contribution in [2.45, 2.75) is 25.9 Å². The number of nitrogens with one attached hydrogen (secondary N) is 1. The Balaban J connectivity index is 1.97. The maximum atomic E-state index is 12.6. The van der Waals surface area contributed by atoms with Crippen molar-refractivity contribution in [2.75, 3.05) is 12.3 Å². The van der Waals surface area contributed by atoms with Gasteiger partial charge in [-0.2, -0.15) is 18.3 Å². The highest BCUT2D eigenvalue weighted by molar-refractivity contribution is 7.89. The van der Waals surface area contributed by atoms with Crippen LogP contribution in [0.2, 0.25) is 0 Å². The van der Waals surface area contributed by atoms with Crippen molar-refractivity contribution in [3.8, 4) is 0 Å². The molecule has 9 heteroatoms. The largest absolute Gasteiger partial charge is 0.404 e. The lowest BCUT2D eigenvalue weighted by molar-refractivity contribution is -0.106. The maximum absolute atomic E-state index is 12.6. The minimum atomic E-state index is -4.79. The number of hydrogen-bond acceptors (Lipinski definition) is 3. The molecule has 0 saturated carbocycles. The van der Waals surface area contributed by atoms with Crippen molar-refractivity contribution in [2.24, 2.45) is 12.5 Å². The van der Waals surface area contributed by atoms with Gasteiger partial charge in [0.05, 0.1) is 11.7 Å². The zero-order valence-corrected chi connectivity index (χ0v) is 17.8. The molecule has 5 nitrogen and oxygen atoms in total. The molecule has 0 fully saturated rings. The summed E-state index contributed by atoms with van der Waals surface area (Å²) in [5, 5.41) is 5.19. The first-order valence-corrected chi connectivity index (χ1v) is 11.0. The molecule has 30 heavy (non-hydrogen) atoms. The number of alkyl halides is 3. The van der Waals surface area contributed by atoms with E-state index in [0.717, 1.165) is 22.0 Å². The molecule has 0 aliphatic carbocycles. The number of aromatic nitrogens is 2. The molecule has 0 amide bonds. The Labute approximate surface area is 174 Å². The molecule has 0 bridgehead atoms. The van der Waals surface area contributed by atoms with Crippen LogP contribution in [-0.2, 0) is 17.1 Å². The van der Waals surface area contributed by atoms with Crippen LogP contribution in [0, 0.1) is 5.41 Å². The first kappa shape index (κ1) is 22.3. The molecule has 1 N–H and O–H groups in total. The highest BCUT2D eigenvalue weighted by Gasteiger charge is 2.38. The van der Waals surface area contributed by atoms with Gasteiger partial charge in [0.25, 0.3) is 0 Å². The number of hydrogen-bond donors (Lipinski definition) is 1. The smallest absolute Gasteiger partial charge is 0.268 e. The Morgan fingerprint density at radius 3 is 2.37 bits per heavy atom. The van der Waals surface area contributed by atoms with Crippen LogP contribution in [0.4, 0.5) is 13.2 Å². The third-order valence-electron chi connectivity index (χ3n) is 5.12. The SMILES string of the molecule is Cn1ncc2cc([C@H](c3ccccc3)C(C)(C)CNS(=O)(=O)CC(F)(F)F)ccc21. The van der Waals surface area contributed by atoms with Crippen molar-refractivity contribution in [3.05, 3.63) is 65.9 Å². The standard InChI is InChI=1S/C21H24F3N3O2S/c1-20(2,13-26-30(28,29)14-21(22,23)24)19(15-7-5-4-6-8-15)16-9-10-18-17(11-16)12-25-27(18)3/h4-12,19,26H,13-14H2,1-3H3/t19-/m0/s1. The van der Waals surface area contributed by atoms with Gasteiger partial charge in [-0.05, 0) is 28.7 Å². The lowest BCUT2D eigenvalue weighted by Crippen LogP contribution is -2.41. The summed E-state index contributed by atoms with van der Waals surface area (Å²) in [6.45, 7) is 3.54. The second-order valence-electron chi connectivity index (χ2n) is 8.11. The normalized spacial score (nSPS) is 14.2. The zero-order chi connectivity index (χ0) is 22.2. The average molecular weight is 440 g/mol. The van der Waals surface area contributed by atoms with Crippen molar-refractivity contribution < 1.29 is 21.6 Å². The molecule has 0 aliphatic rings. The first-order chi connectivity index (χ1) is 13.9. The molecule has 1 atom stereocenters. The molecule has 2 aromatic carbocycles. The molecule has 3 aromatic rings. The number of rotatable bonds is 7. The van der Waals surface area contributed by atoms with Gasteiger partial charge in [-0.15, -0.1) is 0 Å². The van der Waals surface area contributed by atoms with Crippen LogP contribution in [-0.4, -0.2) is 36.7 Å². The Bertz CT molecular complexity index is 1120. The summed E-state index contributed by atoms with van der Waals surface area (Å²) in [4.78, 5) is 0. The van der Waals surface area contributed by atoms with Gasteiger partial charge in [-0.25, -0.2) is 13.1 Å². The predicted molar refractivity (Wildman–Crippen MR) is 111 cm³/mol. The highest BCUT2D eigenvalue weighted by Crippen LogP contribution is 2.41. The molecular formula is C21H24F3N3O2S. The molecular weight excluding hydrogens is 415 g/mol. The van der Waals surface area contributed by atoms with Crippen LogP contribution < -0.4 is 4.72 Å². The molecule has 0 spiro atoms. The minimum absolute atomic E-state index is 0.143. The quantitative estimate of drug-likeness (QED) is 0.600. The van der Waals surface area contributed by atoms with Crippen molar-refractivity contribution in [3.63, 3.8) is 0 Å². The third-order valence-corrected chi connectivity index (χ3v) is 6.41. The lowest BCUT2D eigenvalue weighted by Gasteiger charge is -2.35. The van der Waals surface area contributed by atoms with Gasteiger partial charge in [-0.1, -0.05) is 50.2 Å². The Morgan fingerprint density at radius 1 is 1.07 bits per heavy atom. The van der Waals surface area contributed by atoms with E-state index >= 15 is 0 Å². The van der Waals surface area contributed by atoms with E-state index in [1.165, 1.54) is 0 Å². The zero-order valence-electron chi connectivity index (χ0n) is 16.9. The summed E-state index contributed by atoms with van der Waals surface area (Å²) in [6.07, 6.45) is -3.04. The van der Waals surface area contributed by atoms with Gasteiger partial charge in [0.15, 0.2) is 5.75 Å². The number of nitrogens with zero attached hydrogens (tertiary/aromatic N) is 2. The molecule has 162 valence electrons. The van der Waals surface area contributed by atoms with Crippen molar-refractivity contribution >= 4 is 20.9 Å². The molecule has 0 aliphatic heterocycles. The number of aryl methyl sites for hydroxylation is 1. The van der Waals surface area contributed by atoms with Crippen LogP contribution in [0.5, 0.6) is 0 Å². The van der Waals surface area contributed by atoms with Crippen LogP contribution >= 0.6 is 0 Å². The van der Waals surface area contributed by atoms with Gasteiger partial charge >= 0.3 is 6.18 Å². The summed E-state index contributed by atoms with van der Waals surface area (Å²) in [5.74, 6) is -2.15. The van der Waals surface area contributed by atoms with Crippen molar-refractivity contribution in [1.82, 2.24) is 14.5 Å². The Hall–Kier alpha value is -2.39. The number of benzene rings is 2. The topological polar surface area (TPSA) is 64.0 Å². The Morgan fingerprint density at radius 2 is 1.73 bits per heavy atom. The third kappa shape index (κ3) is 5.20. The predicted octanol–water partition coefficient (Wildman–Crippen LogP) is 4.21. The van der Waals surface area contributed by atoms with E-state index in [4.69, 9.17) is 0 Å². The number of fused-ring (bicyclic) bond motifs is 1. The van der Waals surface area contributed by atoms with E-state index in [0.29, 0.717) is 0 Å². The van der Waals surface area contributed by atoms with E-state index in [9.17, 15) is 21.6 Å². The van der Waals surface area contributed by atoms with E-state index < -0.39 is 27.4 Å². The van der Waals surface area contributed by atoms with Gasteiger partial charge in [0.2, 0.25) is 10.0 Å². The van der Waals surface area contributed by atoms with Gasteiger partial charge in [0, 0.05) is 24.9 Å². The fraction of sp³-hybridized carbons (Fsp3) is 0.381. The summed E-state index contributed by atoms with van der Waals surface area (Å²) in [5.41, 5.74) is 2.12. The molecule has 1 aromatic heterocycles. The Kier molecular flexibility index (Phi) is 5.97. The van der Waals surface area contributed by atoms with Gasteiger partial charge < -0.3 is 0 Å². The van der Waals surface area contributed by atoms with Gasteiger partial charge in [-0.3, -0.25) is 4.68 Å². The van der Waals surface area contributed by atoms with E-state index in [2.05, 4.69) is 9.82 Å². The summed E-state index contributed by atoms with van der Waals surface area (Å²) in [6, 6.07) is 15.4. The van der Waals surface area contributed by atoms with Gasteiger partial charge in [0.1, 0.15) is 0 Å². The summed E-state index contributed by atoms with van der Waals surface area (Å²) in [7, 11) is -2.65. The summed E-state index contributed by atoms with van der Waals surface area (Å²) < 4.78 is 65.5. The second-order valence-corrected chi connectivity index (χ2v) is 9.92. The van der Waals surface area contributed by atoms with Crippen LogP contribution in [0.1, 0.15) is 30.9 Å². The van der Waals surface area contributed by atoms with Crippen LogP contribution in [0.15, 0.2) is 54.7 Å². The molecule has 0 radical (unpaired) electrons. The fourth-order valence-electron chi connectivity index (χ4n) is 3.77. The average Bonchev–Trinajstić information content (AvgIpc) is 3.00.